The molecule has 1 amide bonds. The quantitative estimate of drug-likeness (QED) is 0.820. The Morgan fingerprint density at radius 3 is 2.81 bits per heavy atom. The van der Waals surface area contributed by atoms with Gasteiger partial charge in [-0.15, -0.1) is 0 Å². The third-order valence-electron chi connectivity index (χ3n) is 2.12. The lowest BCUT2D eigenvalue weighted by molar-refractivity contribution is 0.0781. The first-order valence-electron chi connectivity index (χ1n) is 4.75. The van der Waals surface area contributed by atoms with Crippen LogP contribution in [0.3, 0.4) is 0 Å². The molecule has 16 heavy (non-hydrogen) atoms. The number of phenols is 1. The van der Waals surface area contributed by atoms with E-state index in [2.05, 4.69) is 0 Å². The van der Waals surface area contributed by atoms with Crippen LogP contribution in [0.1, 0.15) is 17.3 Å². The van der Waals surface area contributed by atoms with Gasteiger partial charge in [0, 0.05) is 11.6 Å². The van der Waals surface area contributed by atoms with Crippen molar-refractivity contribution in [3.05, 3.63) is 28.8 Å². The molecule has 4 nitrogen and oxygen atoms in total. The van der Waals surface area contributed by atoms with Crippen LogP contribution in [0.5, 0.6) is 5.75 Å². The van der Waals surface area contributed by atoms with Gasteiger partial charge in [-0.3, -0.25) is 4.79 Å². The highest BCUT2D eigenvalue weighted by Crippen LogP contribution is 2.23. The number of rotatable bonds is 3. The number of hydrogen-bond donors (Lipinski definition) is 1. The van der Waals surface area contributed by atoms with E-state index in [1.807, 2.05) is 6.07 Å². The number of halogens is 1. The number of nitrogens with zero attached hydrogens (tertiary/aromatic N) is 2. The van der Waals surface area contributed by atoms with E-state index in [1.165, 1.54) is 23.1 Å². The van der Waals surface area contributed by atoms with Crippen LogP contribution in [0.15, 0.2) is 18.2 Å². The molecule has 5 heteroatoms. The molecule has 0 spiro atoms. The Morgan fingerprint density at radius 1 is 1.62 bits per heavy atom. The molecule has 0 bridgehead atoms. The lowest BCUT2D eigenvalue weighted by Crippen LogP contribution is -2.31. The van der Waals surface area contributed by atoms with Gasteiger partial charge in [0.05, 0.1) is 11.6 Å². The van der Waals surface area contributed by atoms with Crippen LogP contribution in [0.25, 0.3) is 0 Å². The average Bonchev–Trinajstić information content (AvgIpc) is 2.25. The zero-order valence-electron chi connectivity index (χ0n) is 8.77. The second kappa shape index (κ2) is 5.38. The van der Waals surface area contributed by atoms with Gasteiger partial charge in [0.25, 0.3) is 5.91 Å². The normalized spacial score (nSPS) is 9.56. The van der Waals surface area contributed by atoms with Gasteiger partial charge in [0.15, 0.2) is 0 Å². The number of hydrogen-bond acceptors (Lipinski definition) is 3. The largest absolute Gasteiger partial charge is 0.507 e. The van der Waals surface area contributed by atoms with Crippen molar-refractivity contribution in [3.8, 4) is 11.8 Å². The van der Waals surface area contributed by atoms with Crippen molar-refractivity contribution in [1.29, 1.82) is 5.26 Å². The Kier molecular flexibility index (Phi) is 4.15. The maximum absolute atomic E-state index is 11.9. The number of amides is 1. The Morgan fingerprint density at radius 2 is 2.31 bits per heavy atom. The van der Waals surface area contributed by atoms with Crippen molar-refractivity contribution in [1.82, 2.24) is 4.90 Å². The SMILES string of the molecule is CCN(CC#N)C(=O)c1ccc(Cl)cc1O. The van der Waals surface area contributed by atoms with Crippen LogP contribution >= 0.6 is 11.6 Å². The molecular weight excluding hydrogens is 228 g/mol. The number of phenolic OH excluding ortho intramolecular Hbond substituents is 1. The summed E-state index contributed by atoms with van der Waals surface area (Å²) in [6.45, 7) is 2.17. The lowest BCUT2D eigenvalue weighted by Gasteiger charge is -2.17. The van der Waals surface area contributed by atoms with Crippen molar-refractivity contribution in [2.45, 2.75) is 6.92 Å². The highest BCUT2D eigenvalue weighted by Gasteiger charge is 2.17. The van der Waals surface area contributed by atoms with Crippen LogP contribution in [-0.2, 0) is 0 Å². The fourth-order valence-electron chi connectivity index (χ4n) is 1.27. The minimum atomic E-state index is -0.377. The Labute approximate surface area is 98.7 Å². The van der Waals surface area contributed by atoms with Crippen molar-refractivity contribution < 1.29 is 9.90 Å². The zero-order chi connectivity index (χ0) is 12.1. The van der Waals surface area contributed by atoms with Gasteiger partial charge >= 0.3 is 0 Å². The summed E-state index contributed by atoms with van der Waals surface area (Å²) in [4.78, 5) is 13.2. The first kappa shape index (κ1) is 12.3. The highest BCUT2D eigenvalue weighted by molar-refractivity contribution is 6.30. The third-order valence-corrected chi connectivity index (χ3v) is 2.36. The van der Waals surface area contributed by atoms with E-state index < -0.39 is 0 Å². The molecule has 0 radical (unpaired) electrons. The lowest BCUT2D eigenvalue weighted by atomic mass is 10.1. The minimum Gasteiger partial charge on any atom is -0.507 e. The molecule has 0 aliphatic heterocycles. The first-order valence-corrected chi connectivity index (χ1v) is 5.12. The van der Waals surface area contributed by atoms with Gasteiger partial charge in [-0.2, -0.15) is 5.26 Å². The molecule has 0 aromatic heterocycles. The van der Waals surface area contributed by atoms with E-state index in [0.29, 0.717) is 11.6 Å². The third kappa shape index (κ3) is 2.65. The molecule has 0 heterocycles. The van der Waals surface area contributed by atoms with Gasteiger partial charge in [-0.05, 0) is 25.1 Å². The van der Waals surface area contributed by atoms with Crippen LogP contribution in [0, 0.1) is 11.3 Å². The predicted octanol–water partition coefficient (Wildman–Crippen LogP) is 2.03. The van der Waals surface area contributed by atoms with Crippen molar-refractivity contribution in [3.63, 3.8) is 0 Å². The molecule has 1 N–H and O–H groups in total. The standard InChI is InChI=1S/C11H11ClN2O2/c1-2-14(6-5-13)11(16)9-4-3-8(12)7-10(9)15/h3-4,7,15H,2,6H2,1H3. The Balaban J connectivity index is 3.00. The molecule has 0 saturated carbocycles. The fraction of sp³-hybridized carbons (Fsp3) is 0.273. The summed E-state index contributed by atoms with van der Waals surface area (Å²) in [5.41, 5.74) is 0.154. The Hall–Kier alpha value is -1.73. The monoisotopic (exact) mass is 238 g/mol. The first-order chi connectivity index (χ1) is 7.60. The average molecular weight is 239 g/mol. The number of benzene rings is 1. The van der Waals surface area contributed by atoms with E-state index in [1.54, 1.807) is 6.92 Å². The van der Waals surface area contributed by atoms with E-state index >= 15 is 0 Å². The van der Waals surface area contributed by atoms with Crippen LogP contribution in [0.4, 0.5) is 0 Å². The van der Waals surface area contributed by atoms with E-state index in [9.17, 15) is 9.90 Å². The van der Waals surface area contributed by atoms with Crippen LogP contribution in [-0.4, -0.2) is 29.0 Å². The molecule has 0 saturated heterocycles. The van der Waals surface area contributed by atoms with Gasteiger partial charge in [0.2, 0.25) is 0 Å². The van der Waals surface area contributed by atoms with Crippen molar-refractivity contribution in [2.75, 3.05) is 13.1 Å². The number of carbonyl (C=O) groups is 1. The summed E-state index contributed by atoms with van der Waals surface area (Å²) in [6.07, 6.45) is 0. The van der Waals surface area contributed by atoms with Gasteiger partial charge < -0.3 is 10.0 Å². The van der Waals surface area contributed by atoms with Gasteiger partial charge in [-0.1, -0.05) is 11.6 Å². The minimum absolute atomic E-state index is 0.00258. The molecule has 0 atom stereocenters. The number of carbonyl (C=O) groups excluding carboxylic acids is 1. The smallest absolute Gasteiger partial charge is 0.258 e. The maximum Gasteiger partial charge on any atom is 0.258 e. The highest BCUT2D eigenvalue weighted by atomic mass is 35.5. The summed E-state index contributed by atoms with van der Waals surface area (Å²) in [5.74, 6) is -0.549. The molecule has 0 fully saturated rings. The molecule has 84 valence electrons. The van der Waals surface area contributed by atoms with Crippen LogP contribution < -0.4 is 0 Å². The second-order valence-electron chi connectivity index (χ2n) is 3.14. The summed E-state index contributed by atoms with van der Waals surface area (Å²) < 4.78 is 0. The number of nitriles is 1. The summed E-state index contributed by atoms with van der Waals surface area (Å²) in [7, 11) is 0. The number of aromatic hydroxyl groups is 1. The molecule has 1 aromatic rings. The predicted molar refractivity (Wildman–Crippen MR) is 60.3 cm³/mol. The fourth-order valence-corrected chi connectivity index (χ4v) is 1.43. The zero-order valence-corrected chi connectivity index (χ0v) is 9.53. The van der Waals surface area contributed by atoms with E-state index in [4.69, 9.17) is 16.9 Å². The molecule has 0 unspecified atom stereocenters. The van der Waals surface area contributed by atoms with Crippen LogP contribution in [0.2, 0.25) is 5.02 Å². The van der Waals surface area contributed by atoms with Gasteiger partial charge in [0.1, 0.15) is 12.3 Å². The molecule has 0 aliphatic carbocycles. The second-order valence-corrected chi connectivity index (χ2v) is 3.58. The van der Waals surface area contributed by atoms with Crippen molar-refractivity contribution >= 4 is 17.5 Å². The topological polar surface area (TPSA) is 64.3 Å². The Bertz CT molecular complexity index is 440. The van der Waals surface area contributed by atoms with E-state index in [-0.39, 0.29) is 23.8 Å². The summed E-state index contributed by atoms with van der Waals surface area (Å²) in [6, 6.07) is 6.17. The maximum atomic E-state index is 11.9. The molecule has 0 aliphatic rings. The van der Waals surface area contributed by atoms with Gasteiger partial charge in [-0.25, -0.2) is 0 Å². The summed E-state index contributed by atoms with van der Waals surface area (Å²) in [5, 5.41) is 18.5. The molecule has 1 aromatic carbocycles. The molecule has 1 rings (SSSR count). The van der Waals surface area contributed by atoms with Crippen molar-refractivity contribution in [2.24, 2.45) is 0 Å². The molecular formula is C11H11ClN2O2. The summed E-state index contributed by atoms with van der Waals surface area (Å²) >= 11 is 5.66. The van der Waals surface area contributed by atoms with E-state index in [0.717, 1.165) is 0 Å².